The van der Waals surface area contributed by atoms with Crippen molar-refractivity contribution < 1.29 is 9.47 Å². The van der Waals surface area contributed by atoms with E-state index in [1.165, 1.54) is 0 Å². The zero-order valence-corrected chi connectivity index (χ0v) is 6.39. The van der Waals surface area contributed by atoms with Crippen molar-refractivity contribution in [2.24, 2.45) is 0 Å². The van der Waals surface area contributed by atoms with Crippen molar-refractivity contribution in [3.8, 4) is 12.3 Å². The number of hydrogen-bond acceptors (Lipinski definition) is 2. The standard InChI is InChI=1S/C8H12O2/c1-4-5-7-6-9-8(2,3)10-7/h1,7H,5-6H2,2-3H3/t7-/m0/s1. The Kier molecular flexibility index (Phi) is 1.98. The van der Waals surface area contributed by atoms with Gasteiger partial charge in [0.05, 0.1) is 12.7 Å². The zero-order valence-electron chi connectivity index (χ0n) is 6.39. The fraction of sp³-hybridized carbons (Fsp3) is 0.750. The van der Waals surface area contributed by atoms with Gasteiger partial charge in [0.15, 0.2) is 5.79 Å². The first-order valence-electron chi connectivity index (χ1n) is 3.39. The molecule has 0 spiro atoms. The van der Waals surface area contributed by atoms with E-state index >= 15 is 0 Å². The van der Waals surface area contributed by atoms with Crippen molar-refractivity contribution in [3.63, 3.8) is 0 Å². The number of rotatable bonds is 1. The summed E-state index contributed by atoms with van der Waals surface area (Å²) in [5.41, 5.74) is 0. The van der Waals surface area contributed by atoms with Gasteiger partial charge in [-0.15, -0.1) is 12.3 Å². The zero-order chi connectivity index (χ0) is 7.61. The quantitative estimate of drug-likeness (QED) is 0.509. The minimum atomic E-state index is -0.429. The Balaban J connectivity index is 2.38. The molecule has 0 aromatic rings. The van der Waals surface area contributed by atoms with Gasteiger partial charge in [-0.3, -0.25) is 0 Å². The van der Waals surface area contributed by atoms with E-state index in [-0.39, 0.29) is 6.10 Å². The van der Waals surface area contributed by atoms with Crippen LogP contribution in [0.2, 0.25) is 0 Å². The summed E-state index contributed by atoms with van der Waals surface area (Å²) in [6.45, 7) is 4.41. The molecule has 1 heterocycles. The first-order valence-corrected chi connectivity index (χ1v) is 3.39. The minimum absolute atomic E-state index is 0.0972. The molecule has 1 atom stereocenters. The van der Waals surface area contributed by atoms with Gasteiger partial charge in [0.1, 0.15) is 0 Å². The largest absolute Gasteiger partial charge is 0.348 e. The Hall–Kier alpha value is -0.520. The van der Waals surface area contributed by atoms with Gasteiger partial charge in [-0.05, 0) is 13.8 Å². The van der Waals surface area contributed by atoms with E-state index < -0.39 is 5.79 Å². The van der Waals surface area contributed by atoms with Crippen LogP contribution in [0.1, 0.15) is 20.3 Å². The number of ether oxygens (including phenoxy) is 2. The smallest absolute Gasteiger partial charge is 0.163 e. The van der Waals surface area contributed by atoms with Gasteiger partial charge < -0.3 is 9.47 Å². The van der Waals surface area contributed by atoms with Crippen LogP contribution in [0, 0.1) is 12.3 Å². The second-order valence-corrected chi connectivity index (χ2v) is 2.86. The monoisotopic (exact) mass is 140 g/mol. The van der Waals surface area contributed by atoms with E-state index in [2.05, 4.69) is 5.92 Å². The van der Waals surface area contributed by atoms with Crippen molar-refractivity contribution in [3.05, 3.63) is 0 Å². The Morgan fingerprint density at radius 2 is 2.40 bits per heavy atom. The molecular weight excluding hydrogens is 128 g/mol. The molecule has 2 nitrogen and oxygen atoms in total. The van der Waals surface area contributed by atoms with Gasteiger partial charge in [-0.25, -0.2) is 0 Å². The van der Waals surface area contributed by atoms with Crippen LogP contribution in [-0.4, -0.2) is 18.5 Å². The summed E-state index contributed by atoms with van der Waals surface area (Å²) in [6, 6.07) is 0. The summed E-state index contributed by atoms with van der Waals surface area (Å²) < 4.78 is 10.7. The van der Waals surface area contributed by atoms with Crippen LogP contribution in [0.4, 0.5) is 0 Å². The molecule has 2 heteroatoms. The van der Waals surface area contributed by atoms with Crippen molar-refractivity contribution >= 4 is 0 Å². The molecule has 0 bridgehead atoms. The second-order valence-electron chi connectivity index (χ2n) is 2.86. The SMILES string of the molecule is C#CC[C@H]1COC(C)(C)O1. The first kappa shape index (κ1) is 7.59. The van der Waals surface area contributed by atoms with E-state index in [1.54, 1.807) is 0 Å². The van der Waals surface area contributed by atoms with Gasteiger partial charge in [0.25, 0.3) is 0 Å². The molecule has 1 saturated heterocycles. The molecule has 1 aliphatic rings. The highest BCUT2D eigenvalue weighted by atomic mass is 16.7. The van der Waals surface area contributed by atoms with E-state index in [9.17, 15) is 0 Å². The van der Waals surface area contributed by atoms with Crippen LogP contribution in [0.15, 0.2) is 0 Å². The van der Waals surface area contributed by atoms with E-state index in [0.29, 0.717) is 13.0 Å². The molecule has 1 fully saturated rings. The normalized spacial score (nSPS) is 29.9. The molecule has 0 radical (unpaired) electrons. The molecule has 56 valence electrons. The third kappa shape index (κ3) is 1.73. The lowest BCUT2D eigenvalue weighted by Gasteiger charge is -2.15. The van der Waals surface area contributed by atoms with Crippen LogP contribution in [-0.2, 0) is 9.47 Å². The molecule has 1 aliphatic heterocycles. The second kappa shape index (κ2) is 2.61. The Morgan fingerprint density at radius 3 is 2.80 bits per heavy atom. The maximum Gasteiger partial charge on any atom is 0.163 e. The third-order valence-corrected chi connectivity index (χ3v) is 1.41. The van der Waals surface area contributed by atoms with E-state index in [0.717, 1.165) is 0 Å². The fourth-order valence-corrected chi connectivity index (χ4v) is 0.995. The maximum absolute atomic E-state index is 5.42. The molecule has 10 heavy (non-hydrogen) atoms. The van der Waals surface area contributed by atoms with Gasteiger partial charge in [0.2, 0.25) is 0 Å². The van der Waals surface area contributed by atoms with E-state index in [4.69, 9.17) is 15.9 Å². The highest BCUT2D eigenvalue weighted by molar-refractivity contribution is 4.89. The van der Waals surface area contributed by atoms with Crippen LogP contribution < -0.4 is 0 Å². The fourth-order valence-electron chi connectivity index (χ4n) is 0.995. The summed E-state index contributed by atoms with van der Waals surface area (Å²) in [7, 11) is 0. The minimum Gasteiger partial charge on any atom is -0.348 e. The Bertz CT molecular complexity index is 155. The topological polar surface area (TPSA) is 18.5 Å². The molecule has 0 aromatic carbocycles. The third-order valence-electron chi connectivity index (χ3n) is 1.41. The Labute approximate surface area is 61.5 Å². The molecule has 0 saturated carbocycles. The molecule has 0 aromatic heterocycles. The van der Waals surface area contributed by atoms with Crippen LogP contribution >= 0.6 is 0 Å². The van der Waals surface area contributed by atoms with Gasteiger partial charge in [0, 0.05) is 6.42 Å². The van der Waals surface area contributed by atoms with Crippen LogP contribution in [0.25, 0.3) is 0 Å². The summed E-state index contributed by atoms with van der Waals surface area (Å²) >= 11 is 0. The average Bonchev–Trinajstić information content (AvgIpc) is 2.12. The molecule has 0 N–H and O–H groups in total. The predicted molar refractivity (Wildman–Crippen MR) is 38.4 cm³/mol. The highest BCUT2D eigenvalue weighted by Gasteiger charge is 2.31. The Morgan fingerprint density at radius 1 is 1.70 bits per heavy atom. The molecule has 0 unspecified atom stereocenters. The number of terminal acetylenes is 1. The predicted octanol–water partition coefficient (Wildman–Crippen LogP) is 1.16. The van der Waals surface area contributed by atoms with Crippen molar-refractivity contribution in [1.82, 2.24) is 0 Å². The lowest BCUT2D eigenvalue weighted by molar-refractivity contribution is -0.137. The summed E-state index contributed by atoms with van der Waals surface area (Å²) in [5.74, 6) is 2.11. The lowest BCUT2D eigenvalue weighted by atomic mass is 10.3. The number of hydrogen-bond donors (Lipinski definition) is 0. The molecule has 0 amide bonds. The average molecular weight is 140 g/mol. The van der Waals surface area contributed by atoms with Crippen LogP contribution in [0.3, 0.4) is 0 Å². The maximum atomic E-state index is 5.42. The molecule has 0 aliphatic carbocycles. The van der Waals surface area contributed by atoms with Crippen molar-refractivity contribution in [2.45, 2.75) is 32.2 Å². The van der Waals surface area contributed by atoms with Crippen LogP contribution in [0.5, 0.6) is 0 Å². The van der Waals surface area contributed by atoms with Crippen molar-refractivity contribution in [1.29, 1.82) is 0 Å². The molecular formula is C8H12O2. The van der Waals surface area contributed by atoms with Gasteiger partial charge >= 0.3 is 0 Å². The first-order chi connectivity index (χ1) is 4.64. The lowest BCUT2D eigenvalue weighted by Crippen LogP contribution is -2.21. The van der Waals surface area contributed by atoms with Gasteiger partial charge in [-0.1, -0.05) is 0 Å². The van der Waals surface area contributed by atoms with Crippen molar-refractivity contribution in [2.75, 3.05) is 6.61 Å². The molecule has 1 rings (SSSR count). The summed E-state index contributed by atoms with van der Waals surface area (Å²) in [5, 5.41) is 0. The highest BCUT2D eigenvalue weighted by Crippen LogP contribution is 2.23. The summed E-state index contributed by atoms with van der Waals surface area (Å²) in [4.78, 5) is 0. The summed E-state index contributed by atoms with van der Waals surface area (Å²) in [6.07, 6.45) is 5.85. The van der Waals surface area contributed by atoms with Gasteiger partial charge in [-0.2, -0.15) is 0 Å². The van der Waals surface area contributed by atoms with E-state index in [1.807, 2.05) is 13.8 Å².